The van der Waals surface area contributed by atoms with Gasteiger partial charge in [0.2, 0.25) is 5.91 Å². The van der Waals surface area contributed by atoms with Crippen molar-refractivity contribution in [3.8, 4) is 0 Å². The Labute approximate surface area is 180 Å². The minimum Gasteiger partial charge on any atom is -0.423 e. The van der Waals surface area contributed by atoms with Crippen molar-refractivity contribution < 1.29 is 13.6 Å². The SMILES string of the molecule is CCc1ccc2oc(=O)cc(CN3CCN(CC(=O)Nc4ccccc4F)CC3)c2c1. The van der Waals surface area contributed by atoms with Crippen molar-refractivity contribution in [2.45, 2.75) is 19.9 Å². The van der Waals surface area contributed by atoms with E-state index in [0.717, 1.165) is 43.5 Å². The van der Waals surface area contributed by atoms with E-state index in [1.54, 1.807) is 24.3 Å². The van der Waals surface area contributed by atoms with E-state index in [1.807, 2.05) is 12.1 Å². The van der Waals surface area contributed by atoms with Crippen LogP contribution in [0.25, 0.3) is 11.0 Å². The normalized spacial score (nSPS) is 15.3. The smallest absolute Gasteiger partial charge is 0.336 e. The Balaban J connectivity index is 1.36. The Morgan fingerprint density at radius 3 is 2.55 bits per heavy atom. The molecule has 4 rings (SSSR count). The van der Waals surface area contributed by atoms with E-state index in [-0.39, 0.29) is 23.8 Å². The summed E-state index contributed by atoms with van der Waals surface area (Å²) in [6.07, 6.45) is 0.919. The molecule has 6 nitrogen and oxygen atoms in total. The van der Waals surface area contributed by atoms with Gasteiger partial charge in [-0.15, -0.1) is 0 Å². The number of amides is 1. The van der Waals surface area contributed by atoms with Gasteiger partial charge in [0.05, 0.1) is 12.2 Å². The molecule has 0 bridgehead atoms. The van der Waals surface area contributed by atoms with E-state index in [0.29, 0.717) is 12.1 Å². The molecule has 0 saturated carbocycles. The van der Waals surface area contributed by atoms with Crippen molar-refractivity contribution >= 4 is 22.6 Å². The second-order valence-corrected chi connectivity index (χ2v) is 7.86. The number of carbonyl (C=O) groups is 1. The summed E-state index contributed by atoms with van der Waals surface area (Å²) in [6.45, 7) is 5.99. The first-order valence-electron chi connectivity index (χ1n) is 10.6. The third-order valence-corrected chi connectivity index (χ3v) is 5.67. The van der Waals surface area contributed by atoms with E-state index < -0.39 is 5.82 Å². The quantitative estimate of drug-likeness (QED) is 0.617. The Morgan fingerprint density at radius 2 is 1.81 bits per heavy atom. The van der Waals surface area contributed by atoms with E-state index in [4.69, 9.17) is 4.42 Å². The Morgan fingerprint density at radius 1 is 1.06 bits per heavy atom. The second-order valence-electron chi connectivity index (χ2n) is 7.86. The molecule has 0 spiro atoms. The summed E-state index contributed by atoms with van der Waals surface area (Å²) in [7, 11) is 0. The van der Waals surface area contributed by atoms with Gasteiger partial charge in [0.1, 0.15) is 11.4 Å². The zero-order valence-electron chi connectivity index (χ0n) is 17.6. The average molecular weight is 423 g/mol. The Hall–Kier alpha value is -3.03. The molecule has 162 valence electrons. The van der Waals surface area contributed by atoms with Gasteiger partial charge >= 0.3 is 5.63 Å². The molecule has 0 radical (unpaired) electrons. The highest BCUT2D eigenvalue weighted by molar-refractivity contribution is 5.92. The summed E-state index contributed by atoms with van der Waals surface area (Å²) in [4.78, 5) is 28.6. The number of nitrogens with zero attached hydrogens (tertiary/aromatic N) is 2. The molecule has 1 fully saturated rings. The number of carbonyl (C=O) groups excluding carboxylic acids is 1. The van der Waals surface area contributed by atoms with Crippen LogP contribution in [0.5, 0.6) is 0 Å². The second kappa shape index (κ2) is 9.41. The largest absolute Gasteiger partial charge is 0.423 e. The molecule has 3 aromatic rings. The van der Waals surface area contributed by atoms with Crippen LogP contribution >= 0.6 is 0 Å². The van der Waals surface area contributed by atoms with Crippen LogP contribution < -0.4 is 10.9 Å². The van der Waals surface area contributed by atoms with Crippen molar-refractivity contribution in [1.82, 2.24) is 9.80 Å². The topological polar surface area (TPSA) is 65.8 Å². The summed E-state index contributed by atoms with van der Waals surface area (Å²) in [5.74, 6) is -0.663. The number of piperazine rings is 1. The molecule has 2 aromatic carbocycles. The van der Waals surface area contributed by atoms with Gasteiger partial charge in [0, 0.05) is 44.2 Å². The maximum absolute atomic E-state index is 13.7. The van der Waals surface area contributed by atoms with E-state index >= 15 is 0 Å². The molecule has 1 N–H and O–H groups in total. The highest BCUT2D eigenvalue weighted by Crippen LogP contribution is 2.21. The van der Waals surface area contributed by atoms with Gasteiger partial charge in [-0.3, -0.25) is 14.6 Å². The lowest BCUT2D eigenvalue weighted by atomic mass is 10.0. The number of halogens is 1. The fraction of sp³-hybridized carbons (Fsp3) is 0.333. The van der Waals surface area contributed by atoms with Crippen molar-refractivity contribution in [1.29, 1.82) is 0 Å². The third kappa shape index (κ3) is 5.18. The number of hydrogen-bond donors (Lipinski definition) is 1. The van der Waals surface area contributed by atoms with Crippen LogP contribution in [0.4, 0.5) is 10.1 Å². The van der Waals surface area contributed by atoms with Crippen molar-refractivity contribution in [2.24, 2.45) is 0 Å². The molecule has 0 atom stereocenters. The van der Waals surface area contributed by atoms with Gasteiger partial charge in [-0.1, -0.05) is 25.1 Å². The standard InChI is InChI=1S/C24H26FN3O3/c1-2-17-7-8-22-19(13-17)18(14-24(30)31-22)15-27-9-11-28(12-10-27)16-23(29)26-21-6-4-3-5-20(21)25/h3-8,13-14H,2,9-12,15-16H2,1H3,(H,26,29). The zero-order chi connectivity index (χ0) is 21.8. The van der Waals surface area contributed by atoms with Crippen LogP contribution in [0, 0.1) is 5.82 Å². The molecule has 1 aromatic heterocycles. The van der Waals surface area contributed by atoms with E-state index in [9.17, 15) is 14.0 Å². The zero-order valence-corrected chi connectivity index (χ0v) is 17.6. The fourth-order valence-corrected chi connectivity index (χ4v) is 3.93. The first kappa shape index (κ1) is 21.2. The molecule has 1 saturated heterocycles. The molecule has 1 amide bonds. The molecule has 2 heterocycles. The summed E-state index contributed by atoms with van der Waals surface area (Å²) in [6, 6.07) is 13.7. The number of aryl methyl sites for hydroxylation is 1. The van der Waals surface area contributed by atoms with Gasteiger partial charge in [0.25, 0.3) is 0 Å². The van der Waals surface area contributed by atoms with Gasteiger partial charge in [-0.05, 0) is 41.8 Å². The van der Waals surface area contributed by atoms with E-state index in [1.165, 1.54) is 11.6 Å². The van der Waals surface area contributed by atoms with Gasteiger partial charge < -0.3 is 9.73 Å². The van der Waals surface area contributed by atoms with Crippen LogP contribution in [0.3, 0.4) is 0 Å². The molecular formula is C24H26FN3O3. The first-order chi connectivity index (χ1) is 15.0. The molecule has 0 aliphatic carbocycles. The fourth-order valence-electron chi connectivity index (χ4n) is 3.93. The van der Waals surface area contributed by atoms with Crippen LogP contribution in [0.1, 0.15) is 18.1 Å². The molecular weight excluding hydrogens is 397 g/mol. The maximum Gasteiger partial charge on any atom is 0.336 e. The molecule has 7 heteroatoms. The number of para-hydroxylation sites is 1. The molecule has 31 heavy (non-hydrogen) atoms. The van der Waals surface area contributed by atoms with Crippen molar-refractivity contribution in [3.05, 3.63) is 75.9 Å². The highest BCUT2D eigenvalue weighted by Gasteiger charge is 2.20. The summed E-state index contributed by atoms with van der Waals surface area (Å²) >= 11 is 0. The molecule has 1 aliphatic rings. The Bertz CT molecular complexity index is 1140. The first-order valence-corrected chi connectivity index (χ1v) is 10.6. The van der Waals surface area contributed by atoms with Crippen LogP contribution in [0.2, 0.25) is 0 Å². The number of rotatable bonds is 6. The minimum atomic E-state index is -0.438. The lowest BCUT2D eigenvalue weighted by Crippen LogP contribution is -2.48. The van der Waals surface area contributed by atoms with Crippen molar-refractivity contribution in [2.75, 3.05) is 38.0 Å². The lowest BCUT2D eigenvalue weighted by molar-refractivity contribution is -0.117. The minimum absolute atomic E-state index is 0.201. The third-order valence-electron chi connectivity index (χ3n) is 5.67. The van der Waals surface area contributed by atoms with Crippen LogP contribution in [-0.2, 0) is 17.8 Å². The Kier molecular flexibility index (Phi) is 6.44. The summed E-state index contributed by atoms with van der Waals surface area (Å²) in [5, 5.41) is 3.61. The number of benzene rings is 2. The van der Waals surface area contributed by atoms with Gasteiger partial charge in [-0.2, -0.15) is 0 Å². The number of nitrogens with one attached hydrogen (secondary N) is 1. The molecule has 0 unspecified atom stereocenters. The number of hydrogen-bond acceptors (Lipinski definition) is 5. The summed E-state index contributed by atoms with van der Waals surface area (Å²) in [5.41, 5.74) is 2.64. The molecule has 1 aliphatic heterocycles. The predicted molar refractivity (Wildman–Crippen MR) is 119 cm³/mol. The van der Waals surface area contributed by atoms with Gasteiger partial charge in [-0.25, -0.2) is 9.18 Å². The lowest BCUT2D eigenvalue weighted by Gasteiger charge is -2.34. The maximum atomic E-state index is 13.7. The monoisotopic (exact) mass is 423 g/mol. The number of anilines is 1. The van der Waals surface area contributed by atoms with Crippen LogP contribution in [-0.4, -0.2) is 48.4 Å². The summed E-state index contributed by atoms with van der Waals surface area (Å²) < 4.78 is 19.1. The van der Waals surface area contributed by atoms with Crippen LogP contribution in [0.15, 0.2) is 57.7 Å². The highest BCUT2D eigenvalue weighted by atomic mass is 19.1. The van der Waals surface area contributed by atoms with E-state index in [2.05, 4.69) is 28.1 Å². The average Bonchev–Trinajstić information content (AvgIpc) is 2.76. The predicted octanol–water partition coefficient (Wildman–Crippen LogP) is 3.25. The van der Waals surface area contributed by atoms with Crippen molar-refractivity contribution in [3.63, 3.8) is 0 Å². The number of fused-ring (bicyclic) bond motifs is 1. The van der Waals surface area contributed by atoms with Gasteiger partial charge in [0.15, 0.2) is 0 Å².